The fourth-order valence-electron chi connectivity index (χ4n) is 3.00. The lowest BCUT2D eigenvalue weighted by molar-refractivity contribution is 0.438. The number of benzene rings is 1. The molecule has 0 saturated heterocycles. The highest BCUT2D eigenvalue weighted by Gasteiger charge is 2.23. The van der Waals surface area contributed by atoms with Gasteiger partial charge in [0.1, 0.15) is 17.1 Å². The maximum atomic E-state index is 12.1. The summed E-state index contributed by atoms with van der Waals surface area (Å²) in [6.07, 6.45) is 2.50. The summed E-state index contributed by atoms with van der Waals surface area (Å²) in [7, 11) is 0. The van der Waals surface area contributed by atoms with Crippen LogP contribution in [-0.4, -0.2) is 21.6 Å². The summed E-state index contributed by atoms with van der Waals surface area (Å²) in [5.74, 6) is 0.705. The van der Waals surface area contributed by atoms with Gasteiger partial charge in [0.25, 0.3) is 0 Å². The molecular weight excluding hydrogens is 306 g/mol. The van der Waals surface area contributed by atoms with Crippen LogP contribution in [0.3, 0.4) is 0 Å². The van der Waals surface area contributed by atoms with Gasteiger partial charge in [-0.25, -0.2) is 14.8 Å². The van der Waals surface area contributed by atoms with Crippen LogP contribution in [0.1, 0.15) is 11.3 Å². The number of anilines is 2. The Morgan fingerprint density at radius 2 is 2.08 bits per heavy atom. The second kappa shape index (κ2) is 5.49. The lowest BCUT2D eigenvalue weighted by atomic mass is 10.2. The van der Waals surface area contributed by atoms with E-state index in [1.165, 1.54) is 11.6 Å². The first-order chi connectivity index (χ1) is 11.6. The molecule has 0 aliphatic carbocycles. The molecule has 2 aromatic heterocycles. The first-order valence-electron chi connectivity index (χ1n) is 7.66. The van der Waals surface area contributed by atoms with E-state index in [1.807, 2.05) is 23.1 Å². The minimum Gasteiger partial charge on any atom is -0.507 e. The van der Waals surface area contributed by atoms with Crippen molar-refractivity contribution in [3.8, 4) is 17.0 Å². The standard InChI is InChI=1S/C18H15N3O3/c1-11-10-15(22)16(17(23)24-11)13-6-8-19-18(20-13)21-9-7-12-4-2-3-5-14(12)21/h2-6,8,10,22H,7,9H2,1H3. The van der Waals surface area contributed by atoms with Gasteiger partial charge in [-0.05, 0) is 31.0 Å². The van der Waals surface area contributed by atoms with Crippen LogP contribution < -0.4 is 10.5 Å². The van der Waals surface area contributed by atoms with Crippen LogP contribution in [0.5, 0.6) is 5.75 Å². The predicted octanol–water partition coefficient (Wildman–Crippen LogP) is 2.81. The smallest absolute Gasteiger partial charge is 0.349 e. The van der Waals surface area contributed by atoms with Crippen LogP contribution >= 0.6 is 0 Å². The Morgan fingerprint density at radius 1 is 1.25 bits per heavy atom. The number of para-hydroxylation sites is 1. The van der Waals surface area contributed by atoms with Crippen molar-refractivity contribution in [1.29, 1.82) is 0 Å². The fraction of sp³-hybridized carbons (Fsp3) is 0.167. The number of aromatic nitrogens is 2. The molecule has 6 heteroatoms. The molecule has 3 heterocycles. The number of hydrogen-bond donors (Lipinski definition) is 1. The van der Waals surface area contributed by atoms with E-state index in [0.717, 1.165) is 18.7 Å². The van der Waals surface area contributed by atoms with E-state index in [2.05, 4.69) is 16.0 Å². The predicted molar refractivity (Wildman–Crippen MR) is 89.6 cm³/mol. The molecule has 0 amide bonds. The van der Waals surface area contributed by atoms with Crippen LogP contribution in [0.2, 0.25) is 0 Å². The highest BCUT2D eigenvalue weighted by Crippen LogP contribution is 2.33. The van der Waals surface area contributed by atoms with Gasteiger partial charge in [-0.3, -0.25) is 0 Å². The Morgan fingerprint density at radius 3 is 2.92 bits per heavy atom. The van der Waals surface area contributed by atoms with Crippen LogP contribution in [0, 0.1) is 6.92 Å². The van der Waals surface area contributed by atoms with E-state index >= 15 is 0 Å². The van der Waals surface area contributed by atoms with Gasteiger partial charge < -0.3 is 14.4 Å². The highest BCUT2D eigenvalue weighted by molar-refractivity contribution is 5.69. The summed E-state index contributed by atoms with van der Waals surface area (Å²) in [4.78, 5) is 22.9. The summed E-state index contributed by atoms with van der Waals surface area (Å²) >= 11 is 0. The van der Waals surface area contributed by atoms with Gasteiger partial charge >= 0.3 is 5.63 Å². The molecule has 4 rings (SSSR count). The topological polar surface area (TPSA) is 79.5 Å². The number of aromatic hydroxyl groups is 1. The summed E-state index contributed by atoms with van der Waals surface area (Å²) in [6, 6.07) is 11.1. The molecular formula is C18H15N3O3. The van der Waals surface area contributed by atoms with Crippen LogP contribution in [0.4, 0.5) is 11.6 Å². The van der Waals surface area contributed by atoms with E-state index in [4.69, 9.17) is 4.42 Å². The van der Waals surface area contributed by atoms with Gasteiger partial charge in [0.2, 0.25) is 5.95 Å². The number of rotatable bonds is 2. The molecule has 0 fully saturated rings. The molecule has 24 heavy (non-hydrogen) atoms. The summed E-state index contributed by atoms with van der Waals surface area (Å²) in [5.41, 5.74) is 2.09. The zero-order chi connectivity index (χ0) is 16.7. The Hall–Kier alpha value is -3.15. The third-order valence-electron chi connectivity index (χ3n) is 4.08. The van der Waals surface area contributed by atoms with Gasteiger partial charge in [-0.15, -0.1) is 0 Å². The first kappa shape index (κ1) is 14.4. The van der Waals surface area contributed by atoms with Crippen molar-refractivity contribution >= 4 is 11.6 Å². The molecule has 1 aliphatic rings. The van der Waals surface area contributed by atoms with Gasteiger partial charge in [0.05, 0.1) is 5.69 Å². The second-order valence-corrected chi connectivity index (χ2v) is 5.68. The summed E-state index contributed by atoms with van der Waals surface area (Å²) in [5, 5.41) is 10.1. The molecule has 0 spiro atoms. The van der Waals surface area contributed by atoms with Gasteiger partial charge in [0, 0.05) is 24.5 Å². The molecule has 0 radical (unpaired) electrons. The van der Waals surface area contributed by atoms with E-state index in [9.17, 15) is 9.90 Å². The lowest BCUT2D eigenvalue weighted by Gasteiger charge is -2.17. The molecule has 0 saturated carbocycles. The molecule has 1 aromatic carbocycles. The highest BCUT2D eigenvalue weighted by atomic mass is 16.4. The Kier molecular flexibility index (Phi) is 3.30. The van der Waals surface area contributed by atoms with Crippen molar-refractivity contribution in [2.75, 3.05) is 11.4 Å². The molecule has 0 bridgehead atoms. The zero-order valence-electron chi connectivity index (χ0n) is 13.1. The largest absolute Gasteiger partial charge is 0.507 e. The molecule has 3 aromatic rings. The summed E-state index contributed by atoms with van der Waals surface area (Å²) in [6.45, 7) is 2.38. The van der Waals surface area contributed by atoms with Crippen molar-refractivity contribution in [3.05, 3.63) is 64.3 Å². The van der Waals surface area contributed by atoms with Crippen LogP contribution in [0.25, 0.3) is 11.3 Å². The molecule has 6 nitrogen and oxygen atoms in total. The SMILES string of the molecule is Cc1cc(O)c(-c2ccnc(N3CCc4ccccc43)n2)c(=O)o1. The van der Waals surface area contributed by atoms with E-state index in [-0.39, 0.29) is 11.3 Å². The molecule has 0 atom stereocenters. The van der Waals surface area contributed by atoms with Crippen LogP contribution in [0.15, 0.2) is 51.8 Å². The zero-order valence-corrected chi connectivity index (χ0v) is 13.1. The third kappa shape index (κ3) is 2.32. The van der Waals surface area contributed by atoms with Crippen LogP contribution in [-0.2, 0) is 6.42 Å². The van der Waals surface area contributed by atoms with E-state index in [0.29, 0.717) is 17.4 Å². The Labute approximate surface area is 138 Å². The van der Waals surface area contributed by atoms with Crippen molar-refractivity contribution in [1.82, 2.24) is 9.97 Å². The monoisotopic (exact) mass is 321 g/mol. The van der Waals surface area contributed by atoms with E-state index in [1.54, 1.807) is 19.2 Å². The van der Waals surface area contributed by atoms with Crippen molar-refractivity contribution in [2.24, 2.45) is 0 Å². The Balaban J connectivity index is 1.80. The fourth-order valence-corrected chi connectivity index (χ4v) is 3.00. The third-order valence-corrected chi connectivity index (χ3v) is 4.08. The molecule has 120 valence electrons. The number of aryl methyl sites for hydroxylation is 1. The van der Waals surface area contributed by atoms with Gasteiger partial charge in [-0.2, -0.15) is 0 Å². The van der Waals surface area contributed by atoms with Gasteiger partial charge in [0.15, 0.2) is 0 Å². The quantitative estimate of drug-likeness (QED) is 0.782. The van der Waals surface area contributed by atoms with Crippen molar-refractivity contribution in [2.45, 2.75) is 13.3 Å². The normalized spacial score (nSPS) is 13.1. The minimum atomic E-state index is -0.612. The number of nitrogens with zero attached hydrogens (tertiary/aromatic N) is 3. The Bertz CT molecular complexity index is 981. The van der Waals surface area contributed by atoms with E-state index < -0.39 is 5.63 Å². The maximum absolute atomic E-state index is 12.1. The molecule has 0 unspecified atom stereocenters. The number of fused-ring (bicyclic) bond motifs is 1. The molecule has 1 aliphatic heterocycles. The average Bonchev–Trinajstić information content (AvgIpc) is 2.98. The van der Waals surface area contributed by atoms with Crippen molar-refractivity contribution < 1.29 is 9.52 Å². The first-order valence-corrected chi connectivity index (χ1v) is 7.66. The second-order valence-electron chi connectivity index (χ2n) is 5.68. The van der Waals surface area contributed by atoms with Crippen molar-refractivity contribution in [3.63, 3.8) is 0 Å². The summed E-state index contributed by atoms with van der Waals surface area (Å²) < 4.78 is 5.08. The van der Waals surface area contributed by atoms with Gasteiger partial charge in [-0.1, -0.05) is 18.2 Å². The minimum absolute atomic E-state index is 0.0525. The number of hydrogen-bond acceptors (Lipinski definition) is 6. The molecule has 1 N–H and O–H groups in total. The lowest BCUT2D eigenvalue weighted by Crippen LogP contribution is -2.17. The average molecular weight is 321 g/mol. The maximum Gasteiger partial charge on any atom is 0.349 e.